The second-order valence-electron chi connectivity index (χ2n) is 10.4. The Kier molecular flexibility index (Phi) is 10.4. The molecular weight excluding hydrogens is 534 g/mol. The summed E-state index contributed by atoms with van der Waals surface area (Å²) in [7, 11) is 5.09. The number of benzene rings is 1. The van der Waals surface area contributed by atoms with E-state index in [1.54, 1.807) is 19.2 Å². The van der Waals surface area contributed by atoms with Crippen molar-refractivity contribution in [1.82, 2.24) is 19.8 Å². The average molecular weight is 572 g/mol. The molecule has 1 aromatic heterocycles. The van der Waals surface area contributed by atoms with Gasteiger partial charge in [-0.2, -0.15) is 0 Å². The summed E-state index contributed by atoms with van der Waals surface area (Å²) >= 11 is 0. The van der Waals surface area contributed by atoms with E-state index < -0.39 is 24.1 Å². The lowest BCUT2D eigenvalue weighted by Crippen LogP contribution is -2.39. The first kappa shape index (κ1) is 31.1. The number of rotatable bonds is 13. The van der Waals surface area contributed by atoms with Crippen LogP contribution in [-0.4, -0.2) is 109 Å². The standard InChI is InChI=1S/C27H37N7O7/c1-27(2,3)41-26(38)34(5)12-11-33(4)10-9-28-23-22-18(25(37)32-24(22)31-16-30-23)14-29-17-7-8-19(39-6)20(13-17)40-15-21(35)36/h7-8,13-14,16,18H,9-12,15H2,1-6H3,(H,35,36)(H2,28,30,31,32,37). The molecule has 1 unspecified atom stereocenters. The Bertz CT molecular complexity index is 1280. The fourth-order valence-corrected chi connectivity index (χ4v) is 3.79. The van der Waals surface area contributed by atoms with Crippen molar-refractivity contribution in [2.75, 3.05) is 64.6 Å². The summed E-state index contributed by atoms with van der Waals surface area (Å²) < 4.78 is 15.9. The van der Waals surface area contributed by atoms with Crippen molar-refractivity contribution in [3.63, 3.8) is 0 Å². The predicted molar refractivity (Wildman–Crippen MR) is 153 cm³/mol. The topological polar surface area (TPSA) is 168 Å². The van der Waals surface area contributed by atoms with Crippen LogP contribution < -0.4 is 20.1 Å². The molecule has 3 N–H and O–H groups in total. The van der Waals surface area contributed by atoms with Crippen molar-refractivity contribution in [2.45, 2.75) is 32.3 Å². The molecule has 1 aromatic carbocycles. The lowest BCUT2D eigenvalue weighted by molar-refractivity contribution is -0.139. The summed E-state index contributed by atoms with van der Waals surface area (Å²) in [6.07, 6.45) is 2.48. The fraction of sp³-hybridized carbons (Fsp3) is 0.481. The number of ether oxygens (including phenoxy) is 3. The number of amides is 2. The Balaban J connectivity index is 1.62. The molecule has 0 fully saturated rings. The third kappa shape index (κ3) is 9.03. The molecule has 2 heterocycles. The number of carboxylic acids is 1. The minimum absolute atomic E-state index is 0.216. The number of likely N-dealkylation sites (N-methyl/N-ethyl adjacent to an activating group) is 2. The molecular formula is C27H37N7O7. The summed E-state index contributed by atoms with van der Waals surface area (Å²) in [6.45, 7) is 7.25. The van der Waals surface area contributed by atoms with E-state index in [4.69, 9.17) is 19.3 Å². The van der Waals surface area contributed by atoms with Crippen LogP contribution in [0.3, 0.4) is 0 Å². The first-order valence-corrected chi connectivity index (χ1v) is 13.0. The van der Waals surface area contributed by atoms with Crippen LogP contribution >= 0.6 is 0 Å². The van der Waals surface area contributed by atoms with Gasteiger partial charge in [-0.15, -0.1) is 0 Å². The highest BCUT2D eigenvalue weighted by molar-refractivity contribution is 6.13. The smallest absolute Gasteiger partial charge is 0.410 e. The number of anilines is 2. The van der Waals surface area contributed by atoms with Gasteiger partial charge in [0, 0.05) is 45.5 Å². The van der Waals surface area contributed by atoms with Crippen LogP contribution in [0.1, 0.15) is 32.3 Å². The molecule has 1 aliphatic heterocycles. The number of nitrogens with zero attached hydrogens (tertiary/aromatic N) is 5. The summed E-state index contributed by atoms with van der Waals surface area (Å²) in [6, 6.07) is 4.79. The summed E-state index contributed by atoms with van der Waals surface area (Å²) in [5, 5.41) is 14.9. The Morgan fingerprint density at radius 1 is 1.17 bits per heavy atom. The van der Waals surface area contributed by atoms with Crippen molar-refractivity contribution >= 4 is 41.5 Å². The number of aromatic nitrogens is 2. The highest BCUT2D eigenvalue weighted by Crippen LogP contribution is 2.36. The number of hydrogen-bond donors (Lipinski definition) is 3. The molecule has 14 nitrogen and oxygen atoms in total. The second-order valence-corrected chi connectivity index (χ2v) is 10.4. The fourth-order valence-electron chi connectivity index (χ4n) is 3.79. The third-order valence-corrected chi connectivity index (χ3v) is 5.90. The van der Waals surface area contributed by atoms with Crippen molar-refractivity contribution in [3.8, 4) is 11.5 Å². The van der Waals surface area contributed by atoms with Gasteiger partial charge in [0.1, 0.15) is 29.5 Å². The number of carboxylic acid groups (broad SMARTS) is 1. The number of carbonyl (C=O) groups excluding carboxylic acids is 2. The number of nitrogens with one attached hydrogen (secondary N) is 2. The Morgan fingerprint density at radius 2 is 1.93 bits per heavy atom. The molecule has 0 bridgehead atoms. The quantitative estimate of drug-likeness (QED) is 0.302. The highest BCUT2D eigenvalue weighted by atomic mass is 16.6. The van der Waals surface area contributed by atoms with Crippen molar-refractivity contribution in [2.24, 2.45) is 4.99 Å². The van der Waals surface area contributed by atoms with Gasteiger partial charge < -0.3 is 39.8 Å². The van der Waals surface area contributed by atoms with Crippen molar-refractivity contribution in [1.29, 1.82) is 0 Å². The Labute approximate surface area is 238 Å². The van der Waals surface area contributed by atoms with Gasteiger partial charge in [-0.3, -0.25) is 9.79 Å². The van der Waals surface area contributed by atoms with Gasteiger partial charge in [0.2, 0.25) is 5.91 Å². The SMILES string of the molecule is COc1ccc(N=CC2C(=O)Nc3ncnc(NCCN(C)CCN(C)C(=O)OC(C)(C)C)c32)cc1OCC(=O)O. The van der Waals surface area contributed by atoms with E-state index in [9.17, 15) is 14.4 Å². The van der Waals surface area contributed by atoms with Crippen LogP contribution in [0, 0.1) is 0 Å². The molecule has 222 valence electrons. The van der Waals surface area contributed by atoms with E-state index in [0.717, 1.165) is 0 Å². The average Bonchev–Trinajstić information content (AvgIpc) is 3.23. The number of fused-ring (bicyclic) bond motifs is 1. The van der Waals surface area contributed by atoms with E-state index in [2.05, 4.69) is 30.5 Å². The number of aliphatic carboxylic acids is 1. The minimum Gasteiger partial charge on any atom is -0.493 e. The van der Waals surface area contributed by atoms with E-state index >= 15 is 0 Å². The van der Waals surface area contributed by atoms with Crippen LogP contribution in [0.5, 0.6) is 11.5 Å². The molecule has 2 aromatic rings. The first-order valence-electron chi connectivity index (χ1n) is 13.0. The number of hydrogen-bond acceptors (Lipinski definition) is 11. The van der Waals surface area contributed by atoms with Gasteiger partial charge in [0.15, 0.2) is 18.1 Å². The summed E-state index contributed by atoms with van der Waals surface area (Å²) in [5.41, 5.74) is 0.465. The normalized spacial score (nSPS) is 14.5. The van der Waals surface area contributed by atoms with Crippen LogP contribution in [-0.2, 0) is 14.3 Å². The van der Waals surface area contributed by atoms with Crippen molar-refractivity contribution < 1.29 is 33.7 Å². The van der Waals surface area contributed by atoms with Gasteiger partial charge in [-0.1, -0.05) is 0 Å². The third-order valence-electron chi connectivity index (χ3n) is 5.90. The number of aliphatic imine (C=N–C) groups is 1. The molecule has 2 amide bonds. The number of methoxy groups -OCH3 is 1. The summed E-state index contributed by atoms with van der Waals surface area (Å²) in [4.78, 5) is 52.4. The van der Waals surface area contributed by atoms with Crippen LogP contribution in [0.2, 0.25) is 0 Å². The largest absolute Gasteiger partial charge is 0.493 e. The Hall–Kier alpha value is -4.46. The van der Waals surface area contributed by atoms with E-state index in [1.807, 2.05) is 27.8 Å². The molecule has 0 spiro atoms. The minimum atomic E-state index is -1.13. The van der Waals surface area contributed by atoms with E-state index in [0.29, 0.717) is 54.8 Å². The Morgan fingerprint density at radius 3 is 2.61 bits per heavy atom. The molecule has 1 aliphatic rings. The van der Waals surface area contributed by atoms with Crippen LogP contribution in [0.25, 0.3) is 0 Å². The van der Waals surface area contributed by atoms with Crippen molar-refractivity contribution in [3.05, 3.63) is 30.1 Å². The van der Waals surface area contributed by atoms with E-state index in [-0.39, 0.29) is 17.7 Å². The molecule has 1 atom stereocenters. The maximum Gasteiger partial charge on any atom is 0.410 e. The predicted octanol–water partition coefficient (Wildman–Crippen LogP) is 2.60. The lowest BCUT2D eigenvalue weighted by atomic mass is 10.0. The zero-order chi connectivity index (χ0) is 30.2. The molecule has 0 radical (unpaired) electrons. The molecule has 14 heteroatoms. The van der Waals surface area contributed by atoms with Crippen LogP contribution in [0.15, 0.2) is 29.5 Å². The molecule has 41 heavy (non-hydrogen) atoms. The maximum absolute atomic E-state index is 12.8. The second kappa shape index (κ2) is 13.7. The molecule has 0 aliphatic carbocycles. The van der Waals surface area contributed by atoms with E-state index in [1.165, 1.54) is 30.6 Å². The molecule has 0 saturated carbocycles. The summed E-state index contributed by atoms with van der Waals surface area (Å²) in [5.74, 6) is -0.700. The maximum atomic E-state index is 12.8. The van der Waals surface area contributed by atoms with Gasteiger partial charge in [-0.25, -0.2) is 19.6 Å². The number of carbonyl (C=O) groups is 3. The first-order chi connectivity index (χ1) is 19.4. The zero-order valence-corrected chi connectivity index (χ0v) is 24.1. The van der Waals surface area contributed by atoms with Gasteiger partial charge in [0.05, 0.1) is 18.4 Å². The van der Waals surface area contributed by atoms with Gasteiger partial charge in [-0.05, 0) is 40.0 Å². The monoisotopic (exact) mass is 571 g/mol. The lowest BCUT2D eigenvalue weighted by Gasteiger charge is -2.26. The highest BCUT2D eigenvalue weighted by Gasteiger charge is 2.33. The molecule has 0 saturated heterocycles. The van der Waals surface area contributed by atoms with Gasteiger partial charge in [0.25, 0.3) is 0 Å². The van der Waals surface area contributed by atoms with Gasteiger partial charge >= 0.3 is 12.1 Å². The molecule has 3 rings (SSSR count). The van der Waals surface area contributed by atoms with Crippen LogP contribution in [0.4, 0.5) is 22.1 Å². The zero-order valence-electron chi connectivity index (χ0n) is 24.1.